The molecular formula is C28H20BrN3. The van der Waals surface area contributed by atoms with E-state index in [0.29, 0.717) is 0 Å². The lowest BCUT2D eigenvalue weighted by atomic mass is 9.97. The summed E-state index contributed by atoms with van der Waals surface area (Å²) in [6, 6.07) is 35.9. The topological polar surface area (TPSA) is 29.6 Å². The number of fused-ring (bicyclic) bond motifs is 3. The van der Waals surface area contributed by atoms with Gasteiger partial charge in [-0.25, -0.2) is 9.98 Å². The van der Waals surface area contributed by atoms with E-state index in [1.54, 1.807) is 0 Å². The van der Waals surface area contributed by atoms with Crippen molar-refractivity contribution in [2.75, 3.05) is 0 Å². The van der Waals surface area contributed by atoms with Gasteiger partial charge in [-0.2, -0.15) is 0 Å². The average Bonchev–Trinajstić information content (AvgIpc) is 3.18. The van der Waals surface area contributed by atoms with Gasteiger partial charge in [0.15, 0.2) is 0 Å². The Morgan fingerprint density at radius 3 is 2.22 bits per heavy atom. The summed E-state index contributed by atoms with van der Waals surface area (Å²) in [5.41, 5.74) is 5.64. The first-order valence-corrected chi connectivity index (χ1v) is 11.5. The molecule has 0 amide bonds. The molecule has 1 aliphatic heterocycles. The van der Waals surface area contributed by atoms with Crippen LogP contribution >= 0.6 is 15.9 Å². The number of hydrogen-bond donors (Lipinski definition) is 0. The molecule has 6 rings (SSSR count). The Labute approximate surface area is 194 Å². The van der Waals surface area contributed by atoms with Crippen molar-refractivity contribution in [3.05, 3.63) is 119 Å². The maximum Gasteiger partial charge on any atom is 0.230 e. The van der Waals surface area contributed by atoms with Crippen LogP contribution in [0.4, 0.5) is 0 Å². The van der Waals surface area contributed by atoms with E-state index in [1.807, 2.05) is 12.1 Å². The molecule has 1 aromatic heterocycles. The molecule has 0 saturated carbocycles. The van der Waals surface area contributed by atoms with Gasteiger partial charge in [-0.15, -0.1) is 0 Å². The zero-order valence-corrected chi connectivity index (χ0v) is 18.9. The second kappa shape index (κ2) is 7.88. The molecule has 0 saturated heterocycles. The fraction of sp³-hybridized carbons (Fsp3) is 0.0714. The number of benzene rings is 4. The third kappa shape index (κ3) is 3.28. The Morgan fingerprint density at radius 1 is 0.719 bits per heavy atom. The van der Waals surface area contributed by atoms with E-state index < -0.39 is 0 Å². The summed E-state index contributed by atoms with van der Waals surface area (Å²) < 4.78 is 3.27. The molecule has 0 spiro atoms. The molecule has 1 atom stereocenters. The second-order valence-corrected chi connectivity index (χ2v) is 8.91. The van der Waals surface area contributed by atoms with Gasteiger partial charge in [-0.3, -0.25) is 4.57 Å². The SMILES string of the molecule is Brc1ccc2c(c1)c1ccccc1n2C1=NC(c2ccccc2)CC(c2ccccc2)=N1. The molecule has 0 bridgehead atoms. The minimum absolute atomic E-state index is 0.0190. The summed E-state index contributed by atoms with van der Waals surface area (Å²) in [6.45, 7) is 0. The molecule has 0 radical (unpaired) electrons. The number of hydrogen-bond acceptors (Lipinski definition) is 2. The van der Waals surface area contributed by atoms with Gasteiger partial charge in [0.2, 0.25) is 5.96 Å². The molecule has 0 fully saturated rings. The quantitative estimate of drug-likeness (QED) is 0.253. The van der Waals surface area contributed by atoms with Crippen molar-refractivity contribution in [3.63, 3.8) is 0 Å². The Kier molecular flexibility index (Phi) is 4.73. The van der Waals surface area contributed by atoms with Crippen LogP contribution in [-0.4, -0.2) is 16.2 Å². The summed E-state index contributed by atoms with van der Waals surface area (Å²) >= 11 is 3.64. The standard InChI is InChI=1S/C28H20BrN3/c29-21-15-16-27-23(17-21)22-13-7-8-14-26(22)32(27)28-30-24(19-9-3-1-4-10-19)18-25(31-28)20-11-5-2-6-12-20/h1-17,24H,18H2. The van der Waals surface area contributed by atoms with E-state index >= 15 is 0 Å². The minimum atomic E-state index is 0.0190. The molecule has 0 aliphatic carbocycles. The van der Waals surface area contributed by atoms with E-state index in [4.69, 9.17) is 9.98 Å². The van der Waals surface area contributed by atoms with Gasteiger partial charge >= 0.3 is 0 Å². The molecular weight excluding hydrogens is 458 g/mol. The highest BCUT2D eigenvalue weighted by molar-refractivity contribution is 9.10. The first-order valence-electron chi connectivity index (χ1n) is 10.7. The molecule has 0 N–H and O–H groups in total. The Hall–Kier alpha value is -3.50. The highest BCUT2D eigenvalue weighted by atomic mass is 79.9. The summed E-state index contributed by atoms with van der Waals surface area (Å²) in [4.78, 5) is 10.3. The van der Waals surface area contributed by atoms with Crippen LogP contribution in [0.1, 0.15) is 23.6 Å². The van der Waals surface area contributed by atoms with E-state index in [2.05, 4.69) is 111 Å². The summed E-state index contributed by atoms with van der Waals surface area (Å²) in [5, 5.41) is 2.39. The molecule has 3 nitrogen and oxygen atoms in total. The maximum absolute atomic E-state index is 5.17. The Balaban J connectivity index is 1.62. The van der Waals surface area contributed by atoms with Crippen molar-refractivity contribution in [3.8, 4) is 0 Å². The third-order valence-corrected chi connectivity index (χ3v) is 6.51. The van der Waals surface area contributed by atoms with Crippen LogP contribution in [0.2, 0.25) is 0 Å². The lowest BCUT2D eigenvalue weighted by Gasteiger charge is -2.22. The molecule has 5 aromatic rings. The molecule has 32 heavy (non-hydrogen) atoms. The first-order chi connectivity index (χ1) is 15.8. The van der Waals surface area contributed by atoms with Gasteiger partial charge in [-0.1, -0.05) is 94.8 Å². The normalized spacial score (nSPS) is 16.2. The van der Waals surface area contributed by atoms with Crippen LogP contribution < -0.4 is 0 Å². The number of aliphatic imine (C=N–C) groups is 2. The zero-order valence-electron chi connectivity index (χ0n) is 17.3. The van der Waals surface area contributed by atoms with Crippen molar-refractivity contribution in [1.82, 2.24) is 4.57 Å². The number of halogens is 1. The van der Waals surface area contributed by atoms with Crippen LogP contribution in [0.3, 0.4) is 0 Å². The zero-order chi connectivity index (χ0) is 21.5. The van der Waals surface area contributed by atoms with Gasteiger partial charge < -0.3 is 0 Å². The first kappa shape index (κ1) is 19.2. The highest BCUT2D eigenvalue weighted by Gasteiger charge is 2.24. The van der Waals surface area contributed by atoms with Crippen molar-refractivity contribution in [2.24, 2.45) is 9.98 Å². The maximum atomic E-state index is 5.17. The Morgan fingerprint density at radius 2 is 1.41 bits per heavy atom. The van der Waals surface area contributed by atoms with Crippen molar-refractivity contribution < 1.29 is 0 Å². The van der Waals surface area contributed by atoms with Gasteiger partial charge in [0, 0.05) is 21.7 Å². The van der Waals surface area contributed by atoms with Crippen LogP contribution in [0.15, 0.2) is 118 Å². The van der Waals surface area contributed by atoms with Crippen LogP contribution in [0.5, 0.6) is 0 Å². The third-order valence-electron chi connectivity index (χ3n) is 6.02. The second-order valence-electron chi connectivity index (χ2n) is 8.00. The molecule has 1 aliphatic rings. The predicted octanol–water partition coefficient (Wildman–Crippen LogP) is 7.40. The van der Waals surface area contributed by atoms with E-state index in [0.717, 1.165) is 39.2 Å². The predicted molar refractivity (Wildman–Crippen MR) is 137 cm³/mol. The van der Waals surface area contributed by atoms with Crippen LogP contribution in [0.25, 0.3) is 21.8 Å². The summed E-state index contributed by atoms with van der Waals surface area (Å²) in [5.74, 6) is 0.734. The molecule has 1 unspecified atom stereocenters. The van der Waals surface area contributed by atoms with E-state index in [9.17, 15) is 0 Å². The van der Waals surface area contributed by atoms with Gasteiger partial charge in [-0.05, 0) is 35.4 Å². The number of nitrogens with zero attached hydrogens (tertiary/aromatic N) is 3. The number of para-hydroxylation sites is 1. The van der Waals surface area contributed by atoms with Crippen molar-refractivity contribution in [1.29, 1.82) is 0 Å². The number of aromatic nitrogens is 1. The van der Waals surface area contributed by atoms with E-state index in [-0.39, 0.29) is 6.04 Å². The van der Waals surface area contributed by atoms with Gasteiger partial charge in [0.1, 0.15) is 0 Å². The van der Waals surface area contributed by atoms with Crippen molar-refractivity contribution in [2.45, 2.75) is 12.5 Å². The summed E-state index contributed by atoms with van der Waals surface area (Å²) in [6.07, 6.45) is 0.778. The summed E-state index contributed by atoms with van der Waals surface area (Å²) in [7, 11) is 0. The number of rotatable bonds is 2. The average molecular weight is 478 g/mol. The molecule has 4 aromatic carbocycles. The minimum Gasteiger partial charge on any atom is -0.278 e. The fourth-order valence-corrected chi connectivity index (χ4v) is 4.87. The fourth-order valence-electron chi connectivity index (χ4n) is 4.51. The highest BCUT2D eigenvalue weighted by Crippen LogP contribution is 2.34. The van der Waals surface area contributed by atoms with Gasteiger partial charge in [0.25, 0.3) is 0 Å². The lowest BCUT2D eigenvalue weighted by Crippen LogP contribution is -2.21. The largest absolute Gasteiger partial charge is 0.278 e. The molecule has 4 heteroatoms. The van der Waals surface area contributed by atoms with E-state index in [1.165, 1.54) is 16.3 Å². The molecule has 2 heterocycles. The van der Waals surface area contributed by atoms with Crippen LogP contribution in [0, 0.1) is 0 Å². The monoisotopic (exact) mass is 477 g/mol. The lowest BCUT2D eigenvalue weighted by molar-refractivity contribution is 0.745. The van der Waals surface area contributed by atoms with Crippen LogP contribution in [-0.2, 0) is 0 Å². The van der Waals surface area contributed by atoms with Gasteiger partial charge in [0.05, 0.1) is 22.8 Å². The smallest absolute Gasteiger partial charge is 0.230 e. The Bertz CT molecular complexity index is 1500. The van der Waals surface area contributed by atoms with Crippen molar-refractivity contribution >= 4 is 49.4 Å². The molecule has 154 valence electrons.